The highest BCUT2D eigenvalue weighted by molar-refractivity contribution is 5.26. The third-order valence-electron chi connectivity index (χ3n) is 2.70. The lowest BCUT2D eigenvalue weighted by atomic mass is 10.0. The zero-order valence-corrected chi connectivity index (χ0v) is 9.53. The third kappa shape index (κ3) is 3.53. The lowest BCUT2D eigenvalue weighted by molar-refractivity contribution is 0.0857. The van der Waals surface area contributed by atoms with Crippen LogP contribution in [0.25, 0.3) is 0 Å². The zero-order chi connectivity index (χ0) is 11.3. The van der Waals surface area contributed by atoms with Gasteiger partial charge in [-0.25, -0.2) is 0 Å². The van der Waals surface area contributed by atoms with Gasteiger partial charge in [0.2, 0.25) is 0 Å². The molecule has 0 amide bonds. The van der Waals surface area contributed by atoms with E-state index in [1.165, 1.54) is 5.56 Å². The standard InChI is InChI=1S/C12H19NO2/c1-9(15-3)12(13-2)8-10-4-6-11(14)7-5-10/h4-7,9,12-14H,8H2,1-3H3. The van der Waals surface area contributed by atoms with E-state index in [1.54, 1.807) is 19.2 Å². The molecule has 0 heterocycles. The summed E-state index contributed by atoms with van der Waals surface area (Å²) < 4.78 is 5.29. The van der Waals surface area contributed by atoms with Crippen LogP contribution >= 0.6 is 0 Å². The Bertz CT molecular complexity index is 284. The normalized spacial score (nSPS) is 14.9. The van der Waals surface area contributed by atoms with Gasteiger partial charge in [-0.1, -0.05) is 12.1 Å². The van der Waals surface area contributed by atoms with Crippen molar-refractivity contribution in [3.05, 3.63) is 29.8 Å². The first-order valence-corrected chi connectivity index (χ1v) is 5.15. The van der Waals surface area contributed by atoms with Crippen LogP contribution < -0.4 is 5.32 Å². The number of ether oxygens (including phenoxy) is 1. The van der Waals surface area contributed by atoms with Crippen LogP contribution in [-0.4, -0.2) is 31.4 Å². The fourth-order valence-electron chi connectivity index (χ4n) is 1.55. The number of aromatic hydroxyl groups is 1. The lowest BCUT2D eigenvalue weighted by Crippen LogP contribution is -2.38. The summed E-state index contributed by atoms with van der Waals surface area (Å²) in [4.78, 5) is 0. The fraction of sp³-hybridized carbons (Fsp3) is 0.500. The molecule has 0 radical (unpaired) electrons. The van der Waals surface area contributed by atoms with Crippen molar-refractivity contribution in [2.45, 2.75) is 25.5 Å². The Labute approximate surface area is 91.1 Å². The highest BCUT2D eigenvalue weighted by Gasteiger charge is 2.14. The van der Waals surface area contributed by atoms with Gasteiger partial charge in [0.1, 0.15) is 5.75 Å². The van der Waals surface area contributed by atoms with Crippen LogP contribution in [0.15, 0.2) is 24.3 Å². The Morgan fingerprint density at radius 3 is 2.40 bits per heavy atom. The molecule has 0 saturated carbocycles. The SMILES string of the molecule is CNC(Cc1ccc(O)cc1)C(C)OC. The minimum absolute atomic E-state index is 0.170. The number of nitrogens with one attached hydrogen (secondary N) is 1. The molecule has 0 bridgehead atoms. The molecule has 1 aromatic rings. The van der Waals surface area contributed by atoms with Crippen molar-refractivity contribution >= 4 is 0 Å². The average molecular weight is 209 g/mol. The number of likely N-dealkylation sites (N-methyl/N-ethyl adjacent to an activating group) is 1. The molecule has 3 heteroatoms. The van der Waals surface area contributed by atoms with E-state index in [0.717, 1.165) is 6.42 Å². The number of phenolic OH excluding ortho intramolecular Hbond substituents is 1. The summed E-state index contributed by atoms with van der Waals surface area (Å²) in [5, 5.41) is 12.4. The summed E-state index contributed by atoms with van der Waals surface area (Å²) in [7, 11) is 3.65. The van der Waals surface area contributed by atoms with Crippen molar-refractivity contribution in [2.24, 2.45) is 0 Å². The first kappa shape index (κ1) is 12.0. The first-order valence-electron chi connectivity index (χ1n) is 5.15. The van der Waals surface area contributed by atoms with Gasteiger partial charge in [0.25, 0.3) is 0 Å². The lowest BCUT2D eigenvalue weighted by Gasteiger charge is -2.22. The summed E-state index contributed by atoms with van der Waals surface area (Å²) in [5.74, 6) is 0.305. The van der Waals surface area contributed by atoms with Crippen molar-refractivity contribution in [3.63, 3.8) is 0 Å². The third-order valence-corrected chi connectivity index (χ3v) is 2.70. The molecule has 1 aromatic carbocycles. The molecule has 0 aliphatic carbocycles. The average Bonchev–Trinajstić information content (AvgIpc) is 2.27. The van der Waals surface area contributed by atoms with E-state index in [4.69, 9.17) is 9.84 Å². The van der Waals surface area contributed by atoms with Crippen LogP contribution in [0.5, 0.6) is 5.75 Å². The summed E-state index contributed by atoms with van der Waals surface area (Å²) in [6.07, 6.45) is 1.06. The molecule has 84 valence electrons. The molecule has 2 atom stereocenters. The summed E-state index contributed by atoms with van der Waals surface area (Å²) in [6.45, 7) is 2.04. The predicted molar refractivity (Wildman–Crippen MR) is 61.1 cm³/mol. The zero-order valence-electron chi connectivity index (χ0n) is 9.53. The van der Waals surface area contributed by atoms with Gasteiger partial charge in [-0.3, -0.25) is 0 Å². The maximum Gasteiger partial charge on any atom is 0.115 e. The number of hydrogen-bond acceptors (Lipinski definition) is 3. The highest BCUT2D eigenvalue weighted by atomic mass is 16.5. The van der Waals surface area contributed by atoms with Crippen molar-refractivity contribution in [1.29, 1.82) is 0 Å². The maximum atomic E-state index is 9.16. The molecule has 0 aromatic heterocycles. The van der Waals surface area contributed by atoms with Gasteiger partial charge in [-0.15, -0.1) is 0 Å². The number of hydrogen-bond donors (Lipinski definition) is 2. The van der Waals surface area contributed by atoms with E-state index in [2.05, 4.69) is 5.32 Å². The second-order valence-electron chi connectivity index (χ2n) is 3.71. The molecule has 15 heavy (non-hydrogen) atoms. The van der Waals surface area contributed by atoms with Gasteiger partial charge in [-0.2, -0.15) is 0 Å². The Morgan fingerprint density at radius 1 is 1.33 bits per heavy atom. The van der Waals surface area contributed by atoms with E-state index >= 15 is 0 Å². The quantitative estimate of drug-likeness (QED) is 0.773. The van der Waals surface area contributed by atoms with Crippen LogP contribution in [0.4, 0.5) is 0 Å². The molecule has 1 rings (SSSR count). The molecular weight excluding hydrogens is 190 g/mol. The molecule has 2 unspecified atom stereocenters. The molecule has 3 nitrogen and oxygen atoms in total. The molecule has 2 N–H and O–H groups in total. The van der Waals surface area contributed by atoms with Gasteiger partial charge in [0, 0.05) is 13.2 Å². The minimum Gasteiger partial charge on any atom is -0.508 e. The Kier molecular flexibility index (Phi) is 4.59. The Hall–Kier alpha value is -1.06. The van der Waals surface area contributed by atoms with Gasteiger partial charge >= 0.3 is 0 Å². The van der Waals surface area contributed by atoms with Crippen LogP contribution in [0, 0.1) is 0 Å². The van der Waals surface area contributed by atoms with Crippen molar-refractivity contribution in [3.8, 4) is 5.75 Å². The highest BCUT2D eigenvalue weighted by Crippen LogP contribution is 2.12. The second-order valence-corrected chi connectivity index (χ2v) is 3.71. The first-order chi connectivity index (χ1) is 7.17. The molecule has 0 saturated heterocycles. The largest absolute Gasteiger partial charge is 0.508 e. The van der Waals surface area contributed by atoms with E-state index in [0.29, 0.717) is 11.8 Å². The van der Waals surface area contributed by atoms with Crippen LogP contribution in [-0.2, 0) is 11.2 Å². The van der Waals surface area contributed by atoms with Crippen LogP contribution in [0.1, 0.15) is 12.5 Å². The molecular formula is C12H19NO2. The summed E-state index contributed by atoms with van der Waals surface area (Å²) >= 11 is 0. The van der Waals surface area contributed by atoms with Gasteiger partial charge in [-0.05, 0) is 38.1 Å². The van der Waals surface area contributed by atoms with Gasteiger partial charge < -0.3 is 15.2 Å². The van der Waals surface area contributed by atoms with Crippen molar-refractivity contribution < 1.29 is 9.84 Å². The smallest absolute Gasteiger partial charge is 0.115 e. The summed E-state index contributed by atoms with van der Waals surface area (Å²) in [6, 6.07) is 7.57. The van der Waals surface area contributed by atoms with Gasteiger partial charge in [0.15, 0.2) is 0 Å². The molecule has 0 aliphatic rings. The van der Waals surface area contributed by atoms with E-state index in [1.807, 2.05) is 26.1 Å². The Morgan fingerprint density at radius 2 is 1.93 bits per heavy atom. The predicted octanol–water partition coefficient (Wildman–Crippen LogP) is 1.56. The van der Waals surface area contributed by atoms with E-state index in [-0.39, 0.29) is 6.10 Å². The van der Waals surface area contributed by atoms with Crippen molar-refractivity contribution in [1.82, 2.24) is 5.32 Å². The molecule has 0 fully saturated rings. The Balaban J connectivity index is 2.62. The number of rotatable bonds is 5. The number of benzene rings is 1. The monoisotopic (exact) mass is 209 g/mol. The van der Waals surface area contributed by atoms with Crippen LogP contribution in [0.3, 0.4) is 0 Å². The van der Waals surface area contributed by atoms with E-state index < -0.39 is 0 Å². The topological polar surface area (TPSA) is 41.5 Å². The fourth-order valence-corrected chi connectivity index (χ4v) is 1.55. The molecule has 0 spiro atoms. The van der Waals surface area contributed by atoms with Crippen LogP contribution in [0.2, 0.25) is 0 Å². The van der Waals surface area contributed by atoms with E-state index in [9.17, 15) is 0 Å². The minimum atomic E-state index is 0.170. The second kappa shape index (κ2) is 5.73. The maximum absolute atomic E-state index is 9.16. The van der Waals surface area contributed by atoms with Crippen molar-refractivity contribution in [2.75, 3.05) is 14.2 Å². The van der Waals surface area contributed by atoms with Gasteiger partial charge in [0.05, 0.1) is 6.10 Å². The number of methoxy groups -OCH3 is 1. The summed E-state index contributed by atoms with van der Waals surface area (Å²) in [5.41, 5.74) is 1.19. The number of phenols is 1. The molecule has 0 aliphatic heterocycles.